The normalized spacial score (nSPS) is 11.1. The first-order valence-corrected chi connectivity index (χ1v) is 7.76. The van der Waals surface area contributed by atoms with Crippen molar-refractivity contribution in [2.24, 2.45) is 0 Å². The van der Waals surface area contributed by atoms with E-state index in [1.165, 1.54) is 14.9 Å². The summed E-state index contributed by atoms with van der Waals surface area (Å²) in [5.41, 5.74) is 1.33. The van der Waals surface area contributed by atoms with Crippen molar-refractivity contribution in [3.63, 3.8) is 0 Å². The molecular weight excluding hydrogens is 362 g/mol. The molecule has 0 radical (unpaired) electrons. The molecule has 0 atom stereocenters. The number of halogens is 2. The highest BCUT2D eigenvalue weighted by Crippen LogP contribution is 2.21. The second-order valence-corrected chi connectivity index (χ2v) is 6.86. The minimum atomic E-state index is 0.967. The fraction of sp³-hybridized carbons (Fsp3) is 0.231. The van der Waals surface area contributed by atoms with Gasteiger partial charge in [-0.15, -0.1) is 11.3 Å². The lowest BCUT2D eigenvalue weighted by molar-refractivity contribution is 0.322. The lowest BCUT2D eigenvalue weighted by atomic mass is 10.2. The fourth-order valence-corrected chi connectivity index (χ4v) is 3.68. The molecule has 0 spiro atoms. The van der Waals surface area contributed by atoms with Gasteiger partial charge in [-0.25, -0.2) is 0 Å². The van der Waals surface area contributed by atoms with E-state index in [0.29, 0.717) is 0 Å². The predicted octanol–water partition coefficient (Wildman–Crippen LogP) is 4.91. The molecule has 0 saturated carbocycles. The molecule has 4 heteroatoms. The van der Waals surface area contributed by atoms with E-state index in [1.807, 2.05) is 0 Å². The molecule has 0 amide bonds. The molecule has 0 N–H and O–H groups in total. The molecule has 90 valence electrons. The van der Waals surface area contributed by atoms with Crippen LogP contribution in [-0.4, -0.2) is 11.9 Å². The van der Waals surface area contributed by atoms with Crippen LogP contribution >= 0.6 is 43.2 Å². The van der Waals surface area contributed by atoms with Gasteiger partial charge in [0.05, 0.1) is 0 Å². The quantitative estimate of drug-likeness (QED) is 0.735. The maximum absolute atomic E-state index is 3.50. The average Bonchev–Trinajstić information content (AvgIpc) is 2.63. The SMILES string of the molecule is CN(Cc1cccc(Br)c1)Cc1cc(Br)cs1. The minimum Gasteiger partial charge on any atom is -0.297 e. The summed E-state index contributed by atoms with van der Waals surface area (Å²) in [6.45, 7) is 1.96. The Labute approximate surface area is 123 Å². The molecule has 0 bridgehead atoms. The summed E-state index contributed by atoms with van der Waals surface area (Å²) in [5.74, 6) is 0. The molecule has 0 aliphatic rings. The van der Waals surface area contributed by atoms with Crippen molar-refractivity contribution in [2.45, 2.75) is 13.1 Å². The smallest absolute Gasteiger partial charge is 0.0328 e. The van der Waals surface area contributed by atoms with Crippen LogP contribution in [-0.2, 0) is 13.1 Å². The molecule has 1 heterocycles. The van der Waals surface area contributed by atoms with Crippen molar-refractivity contribution in [3.8, 4) is 0 Å². The second kappa shape index (κ2) is 6.14. The van der Waals surface area contributed by atoms with Gasteiger partial charge in [-0.2, -0.15) is 0 Å². The number of nitrogens with zero attached hydrogens (tertiary/aromatic N) is 1. The average molecular weight is 375 g/mol. The molecular formula is C13H13Br2NS. The van der Waals surface area contributed by atoms with Gasteiger partial charge in [0.1, 0.15) is 0 Å². The number of rotatable bonds is 4. The van der Waals surface area contributed by atoms with E-state index in [-0.39, 0.29) is 0 Å². The molecule has 1 nitrogen and oxygen atoms in total. The van der Waals surface area contributed by atoms with Crippen molar-refractivity contribution in [1.82, 2.24) is 4.90 Å². The summed E-state index contributed by atoms with van der Waals surface area (Å²) < 4.78 is 2.32. The highest BCUT2D eigenvalue weighted by molar-refractivity contribution is 9.10. The number of thiophene rings is 1. The monoisotopic (exact) mass is 373 g/mol. The van der Waals surface area contributed by atoms with Gasteiger partial charge in [0.15, 0.2) is 0 Å². The van der Waals surface area contributed by atoms with Crippen LogP contribution in [0.4, 0.5) is 0 Å². The van der Waals surface area contributed by atoms with Crippen LogP contribution in [0.5, 0.6) is 0 Å². The van der Waals surface area contributed by atoms with Crippen LogP contribution in [0.2, 0.25) is 0 Å². The molecule has 1 aromatic heterocycles. The fourth-order valence-electron chi connectivity index (χ4n) is 1.71. The van der Waals surface area contributed by atoms with E-state index in [2.05, 4.69) is 79.5 Å². The molecule has 0 saturated heterocycles. The topological polar surface area (TPSA) is 3.24 Å². The first kappa shape index (κ1) is 13.3. The van der Waals surface area contributed by atoms with Gasteiger partial charge < -0.3 is 0 Å². The summed E-state index contributed by atoms with van der Waals surface area (Å²) in [7, 11) is 2.15. The Morgan fingerprint density at radius 1 is 1.12 bits per heavy atom. The number of benzene rings is 1. The summed E-state index contributed by atoms with van der Waals surface area (Å²) in [5, 5.41) is 2.13. The van der Waals surface area contributed by atoms with Crippen molar-refractivity contribution in [3.05, 3.63) is 55.1 Å². The summed E-state index contributed by atoms with van der Waals surface area (Å²) in [6.07, 6.45) is 0. The third-order valence-electron chi connectivity index (χ3n) is 2.39. The summed E-state index contributed by atoms with van der Waals surface area (Å²) in [6, 6.07) is 10.6. The van der Waals surface area contributed by atoms with Gasteiger partial charge in [0.25, 0.3) is 0 Å². The van der Waals surface area contributed by atoms with Crippen LogP contribution < -0.4 is 0 Å². The molecule has 0 aliphatic carbocycles. The van der Waals surface area contributed by atoms with Gasteiger partial charge in [0, 0.05) is 32.3 Å². The van der Waals surface area contributed by atoms with Crippen molar-refractivity contribution >= 4 is 43.2 Å². The largest absolute Gasteiger partial charge is 0.297 e. The maximum atomic E-state index is 3.50. The van der Waals surface area contributed by atoms with Crippen molar-refractivity contribution < 1.29 is 0 Å². The first-order chi connectivity index (χ1) is 8.13. The summed E-state index contributed by atoms with van der Waals surface area (Å²) >= 11 is 8.78. The minimum absolute atomic E-state index is 0.967. The van der Waals surface area contributed by atoms with Gasteiger partial charge in [-0.3, -0.25) is 4.90 Å². The molecule has 0 fully saturated rings. The first-order valence-electron chi connectivity index (χ1n) is 5.29. The standard InChI is InChI=1S/C13H13Br2NS/c1-16(8-13-6-12(15)9-17-13)7-10-3-2-4-11(14)5-10/h2-6,9H,7-8H2,1H3. The second-order valence-electron chi connectivity index (χ2n) is 4.03. The zero-order valence-electron chi connectivity index (χ0n) is 9.49. The lowest BCUT2D eigenvalue weighted by Crippen LogP contribution is -2.16. The lowest BCUT2D eigenvalue weighted by Gasteiger charge is -2.15. The number of hydrogen-bond acceptors (Lipinski definition) is 2. The zero-order valence-corrected chi connectivity index (χ0v) is 13.5. The van der Waals surface area contributed by atoms with E-state index < -0.39 is 0 Å². The zero-order chi connectivity index (χ0) is 12.3. The van der Waals surface area contributed by atoms with E-state index in [1.54, 1.807) is 11.3 Å². The third kappa shape index (κ3) is 4.21. The predicted molar refractivity (Wildman–Crippen MR) is 81.3 cm³/mol. The highest BCUT2D eigenvalue weighted by atomic mass is 79.9. The van der Waals surface area contributed by atoms with Gasteiger partial charge in [0.2, 0.25) is 0 Å². The van der Waals surface area contributed by atoms with Crippen molar-refractivity contribution in [1.29, 1.82) is 0 Å². The Hall–Kier alpha value is -0.160. The van der Waals surface area contributed by atoms with Crippen molar-refractivity contribution in [2.75, 3.05) is 7.05 Å². The Balaban J connectivity index is 1.95. The van der Waals surface area contributed by atoms with E-state index >= 15 is 0 Å². The van der Waals surface area contributed by atoms with Gasteiger partial charge in [-0.1, -0.05) is 28.1 Å². The van der Waals surface area contributed by atoms with Crippen LogP contribution in [0.1, 0.15) is 10.4 Å². The van der Waals surface area contributed by atoms with Gasteiger partial charge in [-0.05, 0) is 46.7 Å². The van der Waals surface area contributed by atoms with E-state index in [0.717, 1.165) is 17.6 Å². The Morgan fingerprint density at radius 3 is 2.59 bits per heavy atom. The molecule has 2 aromatic rings. The van der Waals surface area contributed by atoms with Crippen LogP contribution in [0.3, 0.4) is 0 Å². The Bertz CT molecular complexity index is 496. The molecule has 1 aromatic carbocycles. The van der Waals surface area contributed by atoms with E-state index in [4.69, 9.17) is 0 Å². The van der Waals surface area contributed by atoms with Crippen LogP contribution in [0.15, 0.2) is 44.7 Å². The number of hydrogen-bond donors (Lipinski definition) is 0. The third-order valence-corrected chi connectivity index (χ3v) is 4.56. The molecule has 17 heavy (non-hydrogen) atoms. The van der Waals surface area contributed by atoms with Gasteiger partial charge >= 0.3 is 0 Å². The Morgan fingerprint density at radius 2 is 1.94 bits per heavy atom. The molecule has 0 unspecified atom stereocenters. The Kier molecular flexibility index (Phi) is 4.79. The van der Waals surface area contributed by atoms with E-state index in [9.17, 15) is 0 Å². The summed E-state index contributed by atoms with van der Waals surface area (Å²) in [4.78, 5) is 3.70. The van der Waals surface area contributed by atoms with Crippen LogP contribution in [0.25, 0.3) is 0 Å². The highest BCUT2D eigenvalue weighted by Gasteiger charge is 2.04. The molecule has 0 aliphatic heterocycles. The molecule has 2 rings (SSSR count). The maximum Gasteiger partial charge on any atom is 0.0328 e. The van der Waals surface area contributed by atoms with Crippen LogP contribution in [0, 0.1) is 0 Å².